The smallest absolute Gasteiger partial charge is 0.229 e. The summed E-state index contributed by atoms with van der Waals surface area (Å²) in [7, 11) is 0. The summed E-state index contributed by atoms with van der Waals surface area (Å²) in [5.41, 5.74) is 1.93. The Morgan fingerprint density at radius 3 is 3.14 bits per heavy atom. The van der Waals surface area contributed by atoms with Gasteiger partial charge in [0.2, 0.25) is 5.91 Å². The van der Waals surface area contributed by atoms with Crippen molar-refractivity contribution in [2.45, 2.75) is 25.8 Å². The summed E-state index contributed by atoms with van der Waals surface area (Å²) in [6.07, 6.45) is 1.77. The van der Waals surface area contributed by atoms with Gasteiger partial charge >= 0.3 is 0 Å². The first kappa shape index (κ1) is 15.6. The maximum Gasteiger partial charge on any atom is 0.229 e. The van der Waals surface area contributed by atoms with Crippen LogP contribution in [0.25, 0.3) is 11.3 Å². The number of piperidine rings is 1. The minimum Gasteiger partial charge on any atom is -0.314 e. The molecule has 116 valence electrons. The number of nitrogens with zero attached hydrogens (tertiary/aromatic N) is 1. The lowest BCUT2D eigenvalue weighted by Crippen LogP contribution is -2.40. The van der Waals surface area contributed by atoms with E-state index in [-0.39, 0.29) is 11.8 Å². The van der Waals surface area contributed by atoms with Crippen LogP contribution < -0.4 is 10.6 Å². The van der Waals surface area contributed by atoms with E-state index in [1.54, 1.807) is 0 Å². The monoisotopic (exact) mass is 379 g/mol. The molecule has 1 aliphatic heterocycles. The number of hydrogen-bond donors (Lipinski definition) is 2. The van der Waals surface area contributed by atoms with Gasteiger partial charge in [0.25, 0.3) is 0 Å². The van der Waals surface area contributed by atoms with Crippen molar-refractivity contribution in [1.29, 1.82) is 0 Å². The molecule has 0 aliphatic carbocycles. The second kappa shape index (κ2) is 6.89. The van der Waals surface area contributed by atoms with Crippen molar-refractivity contribution in [2.75, 3.05) is 11.9 Å². The van der Waals surface area contributed by atoms with Crippen LogP contribution in [0.2, 0.25) is 0 Å². The third kappa shape index (κ3) is 3.74. The van der Waals surface area contributed by atoms with Gasteiger partial charge in [-0.15, -0.1) is 11.3 Å². The molecule has 22 heavy (non-hydrogen) atoms. The SMILES string of the molecule is C[C@H]1C[C@@H](C(=O)Nc2nc(-c3cccc(Br)c3)cs2)CCN1. The molecule has 4 nitrogen and oxygen atoms in total. The Hall–Kier alpha value is -1.24. The zero-order valence-electron chi connectivity index (χ0n) is 12.3. The zero-order valence-corrected chi connectivity index (χ0v) is 14.7. The Balaban J connectivity index is 1.68. The first-order chi connectivity index (χ1) is 10.6. The van der Waals surface area contributed by atoms with Gasteiger partial charge in [-0.2, -0.15) is 0 Å². The third-order valence-corrected chi connectivity index (χ3v) is 5.10. The van der Waals surface area contributed by atoms with Gasteiger partial charge in [0.1, 0.15) is 0 Å². The highest BCUT2D eigenvalue weighted by Crippen LogP contribution is 2.27. The van der Waals surface area contributed by atoms with Crippen molar-refractivity contribution in [3.05, 3.63) is 34.1 Å². The van der Waals surface area contributed by atoms with Crippen LogP contribution in [-0.2, 0) is 4.79 Å². The number of carbonyl (C=O) groups is 1. The van der Waals surface area contributed by atoms with Gasteiger partial charge in [-0.05, 0) is 38.4 Å². The highest BCUT2D eigenvalue weighted by molar-refractivity contribution is 9.10. The average Bonchev–Trinajstić information content (AvgIpc) is 2.96. The van der Waals surface area contributed by atoms with E-state index in [0.717, 1.165) is 35.1 Å². The third-order valence-electron chi connectivity index (χ3n) is 3.85. The minimum absolute atomic E-state index is 0.0782. The number of rotatable bonds is 3. The fraction of sp³-hybridized carbons (Fsp3) is 0.375. The quantitative estimate of drug-likeness (QED) is 0.849. The van der Waals surface area contributed by atoms with E-state index in [9.17, 15) is 4.79 Å². The van der Waals surface area contributed by atoms with Crippen LogP contribution in [-0.4, -0.2) is 23.5 Å². The predicted octanol–water partition coefficient (Wildman–Crippen LogP) is 3.90. The van der Waals surface area contributed by atoms with Gasteiger partial charge < -0.3 is 10.6 Å². The molecule has 0 spiro atoms. The molecule has 1 fully saturated rings. The Morgan fingerprint density at radius 2 is 2.36 bits per heavy atom. The normalized spacial score (nSPS) is 21.5. The molecule has 1 aromatic heterocycles. The number of anilines is 1. The number of amides is 1. The van der Waals surface area contributed by atoms with Crippen molar-refractivity contribution < 1.29 is 4.79 Å². The molecule has 0 bridgehead atoms. The van der Waals surface area contributed by atoms with Crippen LogP contribution >= 0.6 is 27.3 Å². The molecule has 3 rings (SSSR count). The van der Waals surface area contributed by atoms with E-state index >= 15 is 0 Å². The molecule has 2 N–H and O–H groups in total. The molecule has 2 heterocycles. The van der Waals surface area contributed by atoms with E-state index in [4.69, 9.17) is 0 Å². The fourth-order valence-corrected chi connectivity index (χ4v) is 3.81. The van der Waals surface area contributed by atoms with Crippen molar-refractivity contribution in [3.63, 3.8) is 0 Å². The zero-order chi connectivity index (χ0) is 15.5. The number of nitrogens with one attached hydrogen (secondary N) is 2. The van der Waals surface area contributed by atoms with Crippen LogP contribution in [0.1, 0.15) is 19.8 Å². The van der Waals surface area contributed by atoms with E-state index < -0.39 is 0 Å². The first-order valence-electron chi connectivity index (χ1n) is 7.37. The molecule has 6 heteroatoms. The number of hydrogen-bond acceptors (Lipinski definition) is 4. The molecular weight excluding hydrogens is 362 g/mol. The summed E-state index contributed by atoms with van der Waals surface area (Å²) in [5.74, 6) is 0.165. The van der Waals surface area contributed by atoms with Gasteiger partial charge in [-0.3, -0.25) is 4.79 Å². The highest BCUT2D eigenvalue weighted by Gasteiger charge is 2.25. The molecule has 1 amide bonds. The molecule has 2 atom stereocenters. The van der Waals surface area contributed by atoms with E-state index in [0.29, 0.717) is 11.2 Å². The Labute approximate surface area is 142 Å². The second-order valence-corrected chi connectivity index (χ2v) is 7.39. The number of thiazole rings is 1. The lowest BCUT2D eigenvalue weighted by atomic mass is 9.92. The van der Waals surface area contributed by atoms with E-state index in [2.05, 4.69) is 38.5 Å². The van der Waals surface area contributed by atoms with Crippen molar-refractivity contribution >= 4 is 38.3 Å². The molecule has 2 aromatic rings. The van der Waals surface area contributed by atoms with Gasteiger partial charge in [-0.1, -0.05) is 28.1 Å². The van der Waals surface area contributed by atoms with Crippen LogP contribution in [0.4, 0.5) is 5.13 Å². The summed E-state index contributed by atoms with van der Waals surface area (Å²) < 4.78 is 1.02. The molecule has 1 aliphatic rings. The van der Waals surface area contributed by atoms with Crippen LogP contribution in [0.5, 0.6) is 0 Å². The molecule has 0 saturated carbocycles. The largest absolute Gasteiger partial charge is 0.314 e. The fourth-order valence-electron chi connectivity index (χ4n) is 2.69. The maximum absolute atomic E-state index is 12.3. The van der Waals surface area contributed by atoms with Gasteiger partial charge in [0, 0.05) is 27.4 Å². The number of halogens is 1. The summed E-state index contributed by atoms with van der Waals surface area (Å²) >= 11 is 4.93. The Kier molecular flexibility index (Phi) is 4.90. The lowest BCUT2D eigenvalue weighted by molar-refractivity contribution is -0.120. The standard InChI is InChI=1S/C16H18BrN3OS/c1-10-7-12(5-6-18-10)15(21)20-16-19-14(9-22-16)11-3-2-4-13(17)8-11/h2-4,8-10,12,18H,5-7H2,1H3,(H,19,20,21)/t10-,12-/m0/s1. The summed E-state index contributed by atoms with van der Waals surface area (Å²) in [5, 5.41) is 8.98. The predicted molar refractivity (Wildman–Crippen MR) is 94.1 cm³/mol. The van der Waals surface area contributed by atoms with E-state index in [1.807, 2.05) is 29.6 Å². The highest BCUT2D eigenvalue weighted by atomic mass is 79.9. The second-order valence-electron chi connectivity index (χ2n) is 5.61. The van der Waals surface area contributed by atoms with Gasteiger partial charge in [-0.25, -0.2) is 4.98 Å². The van der Waals surface area contributed by atoms with Crippen LogP contribution in [0, 0.1) is 5.92 Å². The van der Waals surface area contributed by atoms with Gasteiger partial charge in [0.05, 0.1) is 5.69 Å². The summed E-state index contributed by atoms with van der Waals surface area (Å²) in [4.78, 5) is 16.9. The molecule has 1 saturated heterocycles. The maximum atomic E-state index is 12.3. The molecule has 0 unspecified atom stereocenters. The lowest BCUT2D eigenvalue weighted by Gasteiger charge is -2.26. The van der Waals surface area contributed by atoms with E-state index in [1.165, 1.54) is 11.3 Å². The number of benzene rings is 1. The topological polar surface area (TPSA) is 54.0 Å². The molecule has 0 radical (unpaired) electrons. The van der Waals surface area contributed by atoms with Crippen LogP contribution in [0.3, 0.4) is 0 Å². The Morgan fingerprint density at radius 1 is 1.50 bits per heavy atom. The summed E-state index contributed by atoms with van der Waals surface area (Å²) in [6.45, 7) is 3.02. The van der Waals surface area contributed by atoms with Gasteiger partial charge in [0.15, 0.2) is 5.13 Å². The average molecular weight is 380 g/mol. The van der Waals surface area contributed by atoms with Crippen molar-refractivity contribution in [3.8, 4) is 11.3 Å². The molecular formula is C16H18BrN3OS. The Bertz CT molecular complexity index is 673. The van der Waals surface area contributed by atoms with Crippen molar-refractivity contribution in [2.24, 2.45) is 5.92 Å². The minimum atomic E-state index is 0.0782. The van der Waals surface area contributed by atoms with Crippen molar-refractivity contribution in [1.82, 2.24) is 10.3 Å². The summed E-state index contributed by atoms with van der Waals surface area (Å²) in [6, 6.07) is 8.40. The first-order valence-corrected chi connectivity index (χ1v) is 9.05. The molecule has 1 aromatic carbocycles. The number of carbonyl (C=O) groups excluding carboxylic acids is 1. The number of aromatic nitrogens is 1. The van der Waals surface area contributed by atoms with Crippen LogP contribution in [0.15, 0.2) is 34.1 Å².